The Morgan fingerprint density at radius 2 is 1.95 bits per heavy atom. The number of furan rings is 1. The molecule has 0 saturated heterocycles. The van der Waals surface area contributed by atoms with Crippen molar-refractivity contribution in [1.82, 2.24) is 0 Å². The molecule has 0 amide bonds. The SMILES string of the molecule is O=C1OC(c2ccc(I)cc2)=N/C1=C/c1ccco1. The van der Waals surface area contributed by atoms with Gasteiger partial charge in [0.25, 0.3) is 0 Å². The maximum Gasteiger partial charge on any atom is 0.363 e. The molecule has 5 heteroatoms. The molecule has 0 saturated carbocycles. The molecular weight excluding hydrogens is 357 g/mol. The lowest BCUT2D eigenvalue weighted by Crippen LogP contribution is -2.05. The topological polar surface area (TPSA) is 51.8 Å². The van der Waals surface area contributed by atoms with Gasteiger partial charge in [-0.3, -0.25) is 0 Å². The van der Waals surface area contributed by atoms with Crippen LogP contribution < -0.4 is 0 Å². The van der Waals surface area contributed by atoms with Crippen molar-refractivity contribution in [2.75, 3.05) is 0 Å². The van der Waals surface area contributed by atoms with Gasteiger partial charge in [0, 0.05) is 15.2 Å². The lowest BCUT2D eigenvalue weighted by molar-refractivity contribution is -0.129. The van der Waals surface area contributed by atoms with Crippen molar-refractivity contribution in [3.63, 3.8) is 0 Å². The molecule has 0 bridgehead atoms. The molecule has 0 spiro atoms. The predicted molar refractivity (Wildman–Crippen MR) is 78.5 cm³/mol. The average molecular weight is 365 g/mol. The summed E-state index contributed by atoms with van der Waals surface area (Å²) in [4.78, 5) is 15.9. The summed E-state index contributed by atoms with van der Waals surface area (Å²) in [6, 6.07) is 11.1. The standard InChI is InChI=1S/C14H8INO3/c15-10-5-3-9(4-6-10)13-16-12(14(17)19-13)8-11-2-1-7-18-11/h1-8H/b12-8+. The van der Waals surface area contributed by atoms with E-state index in [4.69, 9.17) is 9.15 Å². The van der Waals surface area contributed by atoms with Crippen LogP contribution in [0.15, 0.2) is 57.8 Å². The van der Waals surface area contributed by atoms with Crippen LogP contribution in [0.5, 0.6) is 0 Å². The number of halogens is 1. The van der Waals surface area contributed by atoms with Gasteiger partial charge in [-0.1, -0.05) is 0 Å². The van der Waals surface area contributed by atoms with Crippen LogP contribution in [-0.4, -0.2) is 11.9 Å². The Labute approximate surface area is 122 Å². The van der Waals surface area contributed by atoms with E-state index in [1.807, 2.05) is 24.3 Å². The number of esters is 1. The zero-order chi connectivity index (χ0) is 13.2. The Bertz CT molecular complexity index is 669. The minimum absolute atomic E-state index is 0.239. The molecule has 0 aliphatic carbocycles. The van der Waals surface area contributed by atoms with E-state index in [9.17, 15) is 4.79 Å². The number of cyclic esters (lactones) is 1. The van der Waals surface area contributed by atoms with Crippen molar-refractivity contribution in [3.8, 4) is 0 Å². The van der Waals surface area contributed by atoms with E-state index >= 15 is 0 Å². The molecule has 19 heavy (non-hydrogen) atoms. The molecule has 0 atom stereocenters. The first-order chi connectivity index (χ1) is 9.22. The molecule has 1 aromatic carbocycles. The van der Waals surface area contributed by atoms with E-state index in [0.717, 1.165) is 9.13 Å². The van der Waals surface area contributed by atoms with Crippen LogP contribution in [0.4, 0.5) is 0 Å². The zero-order valence-corrected chi connectivity index (χ0v) is 11.8. The minimum Gasteiger partial charge on any atom is -0.465 e. The fourth-order valence-corrected chi connectivity index (χ4v) is 1.99. The number of hydrogen-bond acceptors (Lipinski definition) is 4. The number of carbonyl (C=O) groups excluding carboxylic acids is 1. The summed E-state index contributed by atoms with van der Waals surface area (Å²) in [6.45, 7) is 0. The molecule has 0 unspecified atom stereocenters. The summed E-state index contributed by atoms with van der Waals surface area (Å²) in [5.41, 5.74) is 1.01. The molecule has 0 N–H and O–H groups in total. The highest BCUT2D eigenvalue weighted by Crippen LogP contribution is 2.19. The average Bonchev–Trinajstić information content (AvgIpc) is 3.02. The van der Waals surface area contributed by atoms with Crippen LogP contribution in [0.2, 0.25) is 0 Å². The van der Waals surface area contributed by atoms with Gasteiger partial charge in [0.1, 0.15) is 5.76 Å². The van der Waals surface area contributed by atoms with E-state index in [2.05, 4.69) is 27.6 Å². The van der Waals surface area contributed by atoms with Crippen molar-refractivity contribution < 1.29 is 13.9 Å². The lowest BCUT2D eigenvalue weighted by atomic mass is 10.2. The van der Waals surface area contributed by atoms with Crippen LogP contribution in [0.1, 0.15) is 11.3 Å². The van der Waals surface area contributed by atoms with Gasteiger partial charge in [-0.25, -0.2) is 9.79 Å². The smallest absolute Gasteiger partial charge is 0.363 e. The number of benzene rings is 1. The van der Waals surface area contributed by atoms with Gasteiger partial charge in [-0.2, -0.15) is 0 Å². The highest BCUT2D eigenvalue weighted by atomic mass is 127. The summed E-state index contributed by atoms with van der Waals surface area (Å²) in [5.74, 6) is 0.420. The van der Waals surface area contributed by atoms with E-state index in [1.54, 1.807) is 18.2 Å². The highest BCUT2D eigenvalue weighted by Gasteiger charge is 2.24. The Kier molecular flexibility index (Phi) is 3.20. The largest absolute Gasteiger partial charge is 0.465 e. The molecule has 1 aliphatic rings. The molecule has 4 nitrogen and oxygen atoms in total. The molecule has 0 fully saturated rings. The van der Waals surface area contributed by atoms with Crippen molar-refractivity contribution in [2.45, 2.75) is 0 Å². The molecule has 0 radical (unpaired) electrons. The lowest BCUT2D eigenvalue weighted by Gasteiger charge is -1.98. The second-order valence-corrected chi connectivity index (χ2v) is 5.10. The van der Waals surface area contributed by atoms with Crippen molar-refractivity contribution in [3.05, 3.63) is 63.3 Å². The van der Waals surface area contributed by atoms with Gasteiger partial charge in [-0.05, 0) is 59.0 Å². The normalized spacial score (nSPS) is 16.6. The molecule has 1 aliphatic heterocycles. The first kappa shape index (κ1) is 12.2. The number of carbonyl (C=O) groups is 1. The van der Waals surface area contributed by atoms with Gasteiger partial charge >= 0.3 is 5.97 Å². The van der Waals surface area contributed by atoms with E-state index < -0.39 is 5.97 Å². The van der Waals surface area contributed by atoms with E-state index in [-0.39, 0.29) is 5.70 Å². The second-order valence-electron chi connectivity index (χ2n) is 3.86. The van der Waals surface area contributed by atoms with Crippen molar-refractivity contribution in [1.29, 1.82) is 0 Å². The second kappa shape index (κ2) is 5.00. The summed E-state index contributed by atoms with van der Waals surface area (Å²) in [7, 11) is 0. The molecule has 2 heterocycles. The fraction of sp³-hybridized carbons (Fsp3) is 0. The van der Waals surface area contributed by atoms with E-state index in [0.29, 0.717) is 11.7 Å². The van der Waals surface area contributed by atoms with Crippen LogP contribution in [-0.2, 0) is 9.53 Å². The van der Waals surface area contributed by atoms with Crippen LogP contribution in [0, 0.1) is 3.57 Å². The first-order valence-electron chi connectivity index (χ1n) is 5.54. The Morgan fingerprint density at radius 3 is 2.63 bits per heavy atom. The third-order valence-corrected chi connectivity index (χ3v) is 3.25. The highest BCUT2D eigenvalue weighted by molar-refractivity contribution is 14.1. The van der Waals surface area contributed by atoms with Gasteiger partial charge < -0.3 is 9.15 Å². The van der Waals surface area contributed by atoms with Gasteiger partial charge in [-0.15, -0.1) is 0 Å². The maximum absolute atomic E-state index is 11.7. The third kappa shape index (κ3) is 2.60. The molecule has 94 valence electrons. The predicted octanol–water partition coefficient (Wildman–Crippen LogP) is 3.23. The van der Waals surface area contributed by atoms with Crippen LogP contribution >= 0.6 is 22.6 Å². The summed E-state index contributed by atoms with van der Waals surface area (Å²) in [6.07, 6.45) is 3.10. The Hall–Kier alpha value is -1.89. The molecule has 3 rings (SSSR count). The number of aliphatic imine (C=N–C) groups is 1. The Morgan fingerprint density at radius 1 is 1.16 bits per heavy atom. The minimum atomic E-state index is -0.468. The number of ether oxygens (including phenoxy) is 1. The van der Waals surface area contributed by atoms with Crippen LogP contribution in [0.25, 0.3) is 6.08 Å². The summed E-state index contributed by atoms with van der Waals surface area (Å²) in [5, 5.41) is 0. The number of nitrogens with zero attached hydrogens (tertiary/aromatic N) is 1. The molecule has 1 aromatic heterocycles. The van der Waals surface area contributed by atoms with Crippen molar-refractivity contribution >= 4 is 40.5 Å². The first-order valence-corrected chi connectivity index (χ1v) is 6.62. The van der Waals surface area contributed by atoms with Crippen molar-refractivity contribution in [2.24, 2.45) is 4.99 Å². The molecule has 2 aromatic rings. The monoisotopic (exact) mass is 365 g/mol. The van der Waals surface area contributed by atoms with Gasteiger partial charge in [0.15, 0.2) is 5.70 Å². The van der Waals surface area contributed by atoms with Gasteiger partial charge in [0.05, 0.1) is 6.26 Å². The number of hydrogen-bond donors (Lipinski definition) is 0. The summed E-state index contributed by atoms with van der Waals surface area (Å²) < 4.78 is 11.4. The fourth-order valence-electron chi connectivity index (χ4n) is 1.63. The van der Waals surface area contributed by atoms with Crippen LogP contribution in [0.3, 0.4) is 0 Å². The zero-order valence-electron chi connectivity index (χ0n) is 9.67. The molecular formula is C14H8INO3. The van der Waals surface area contributed by atoms with Gasteiger partial charge in [0.2, 0.25) is 5.90 Å². The third-order valence-electron chi connectivity index (χ3n) is 2.53. The maximum atomic E-state index is 11.7. The summed E-state index contributed by atoms with van der Waals surface area (Å²) >= 11 is 2.21. The quantitative estimate of drug-likeness (QED) is 0.467. The van der Waals surface area contributed by atoms with E-state index in [1.165, 1.54) is 6.26 Å². The number of rotatable bonds is 2. The Balaban J connectivity index is 1.93.